The second kappa shape index (κ2) is 6.25. The number of rotatable bonds is 4. The summed E-state index contributed by atoms with van der Waals surface area (Å²) in [4.78, 5) is 18.1. The zero-order valence-corrected chi connectivity index (χ0v) is 13.9. The highest BCUT2D eigenvalue weighted by Crippen LogP contribution is 2.40. The Morgan fingerprint density at radius 3 is 2.91 bits per heavy atom. The average Bonchev–Trinajstić information content (AvgIpc) is 3.10. The first kappa shape index (κ1) is 15.9. The van der Waals surface area contributed by atoms with Crippen LogP contribution in [0.3, 0.4) is 0 Å². The minimum Gasteiger partial charge on any atom is -0.506 e. The van der Waals surface area contributed by atoms with Crippen LogP contribution in [0.1, 0.15) is 27.9 Å². The van der Waals surface area contributed by atoms with E-state index < -0.39 is 0 Å². The minimum atomic E-state index is -0.222. The largest absolute Gasteiger partial charge is 0.506 e. The van der Waals surface area contributed by atoms with Crippen LogP contribution in [0, 0.1) is 6.92 Å². The maximum absolute atomic E-state index is 12.3. The Morgan fingerprint density at radius 2 is 2.26 bits per heavy atom. The Balaban J connectivity index is 1.96. The van der Waals surface area contributed by atoms with Crippen LogP contribution in [0.2, 0.25) is 0 Å². The molecule has 23 heavy (non-hydrogen) atoms. The highest BCUT2D eigenvalue weighted by atomic mass is 32.2. The number of aliphatic hydroxyl groups excluding tert-OH is 1. The van der Waals surface area contributed by atoms with E-state index in [1.165, 1.54) is 0 Å². The topological polar surface area (TPSA) is 78.6 Å². The van der Waals surface area contributed by atoms with Crippen molar-refractivity contribution in [2.45, 2.75) is 25.4 Å². The third-order valence-corrected chi connectivity index (χ3v) is 5.36. The van der Waals surface area contributed by atoms with E-state index in [1.807, 2.05) is 29.9 Å². The first-order valence-corrected chi connectivity index (χ1v) is 8.37. The molecule has 0 saturated carbocycles. The first-order valence-electron chi connectivity index (χ1n) is 7.32. The van der Waals surface area contributed by atoms with Gasteiger partial charge >= 0.3 is 0 Å². The molecule has 1 atom stereocenters. The molecule has 2 aromatic rings. The van der Waals surface area contributed by atoms with E-state index in [-0.39, 0.29) is 30.2 Å². The lowest BCUT2D eigenvalue weighted by molar-refractivity contribution is -0.128. The van der Waals surface area contributed by atoms with Crippen molar-refractivity contribution in [3.8, 4) is 5.75 Å². The molecule has 0 radical (unpaired) electrons. The molecule has 1 aliphatic heterocycles. The number of carbonyl (C=O) groups is 1. The molecule has 7 heteroatoms. The summed E-state index contributed by atoms with van der Waals surface area (Å²) in [5.41, 5.74) is 2.64. The van der Waals surface area contributed by atoms with Crippen LogP contribution in [0.25, 0.3) is 0 Å². The monoisotopic (exact) mass is 333 g/mol. The number of hydrogen-bond acceptors (Lipinski definition) is 5. The molecule has 6 nitrogen and oxygen atoms in total. The Bertz CT molecular complexity index is 744. The summed E-state index contributed by atoms with van der Waals surface area (Å²) in [6.45, 7) is 1.74. The van der Waals surface area contributed by atoms with Crippen LogP contribution in [-0.2, 0) is 25.0 Å². The van der Waals surface area contributed by atoms with E-state index in [2.05, 4.69) is 4.98 Å². The summed E-state index contributed by atoms with van der Waals surface area (Å²) >= 11 is 1.57. The SMILES string of the molecule is Cc1ncc(CO)c(CN2C(=O)CSC2c2cccn2C)c1O. The van der Waals surface area contributed by atoms with Gasteiger partial charge in [0.2, 0.25) is 5.91 Å². The van der Waals surface area contributed by atoms with Gasteiger partial charge in [-0.1, -0.05) is 0 Å². The molecule has 3 heterocycles. The van der Waals surface area contributed by atoms with Gasteiger partial charge in [-0.05, 0) is 19.1 Å². The lowest BCUT2D eigenvalue weighted by atomic mass is 10.1. The second-order valence-corrected chi connectivity index (χ2v) is 6.65. The quantitative estimate of drug-likeness (QED) is 0.890. The molecule has 0 bridgehead atoms. The average molecular weight is 333 g/mol. The van der Waals surface area contributed by atoms with E-state index in [0.29, 0.717) is 22.6 Å². The van der Waals surface area contributed by atoms with Crippen LogP contribution >= 0.6 is 11.8 Å². The van der Waals surface area contributed by atoms with Gasteiger partial charge in [-0.3, -0.25) is 9.78 Å². The molecule has 3 rings (SSSR count). The van der Waals surface area contributed by atoms with Gasteiger partial charge in [0.1, 0.15) is 11.1 Å². The van der Waals surface area contributed by atoms with Crippen LogP contribution in [0.5, 0.6) is 5.75 Å². The predicted molar refractivity (Wildman–Crippen MR) is 87.7 cm³/mol. The molecule has 1 fully saturated rings. The van der Waals surface area contributed by atoms with Crippen molar-refractivity contribution < 1.29 is 15.0 Å². The van der Waals surface area contributed by atoms with Gasteiger partial charge < -0.3 is 19.7 Å². The summed E-state index contributed by atoms with van der Waals surface area (Å²) in [6, 6.07) is 3.94. The molecular weight excluding hydrogens is 314 g/mol. The van der Waals surface area contributed by atoms with Gasteiger partial charge in [-0.2, -0.15) is 0 Å². The molecule has 2 aromatic heterocycles. The van der Waals surface area contributed by atoms with Gasteiger partial charge in [0, 0.05) is 30.6 Å². The van der Waals surface area contributed by atoms with E-state index in [4.69, 9.17) is 0 Å². The Labute approximate surface area is 138 Å². The highest BCUT2D eigenvalue weighted by molar-refractivity contribution is 8.00. The smallest absolute Gasteiger partial charge is 0.234 e. The fourth-order valence-corrected chi connectivity index (χ4v) is 4.02. The first-order chi connectivity index (χ1) is 11.0. The third-order valence-electron chi connectivity index (χ3n) is 4.13. The summed E-state index contributed by atoms with van der Waals surface area (Å²) < 4.78 is 1.99. The number of aromatic nitrogens is 2. The zero-order valence-electron chi connectivity index (χ0n) is 13.1. The molecule has 1 saturated heterocycles. The molecule has 0 aromatic carbocycles. The number of aromatic hydroxyl groups is 1. The molecule has 122 valence electrons. The van der Waals surface area contributed by atoms with Crippen molar-refractivity contribution in [2.24, 2.45) is 7.05 Å². The van der Waals surface area contributed by atoms with Gasteiger partial charge in [0.05, 0.1) is 30.3 Å². The summed E-state index contributed by atoms with van der Waals surface area (Å²) in [5, 5.41) is 19.7. The van der Waals surface area contributed by atoms with Crippen molar-refractivity contribution >= 4 is 17.7 Å². The summed E-state index contributed by atoms with van der Waals surface area (Å²) in [6.07, 6.45) is 3.50. The van der Waals surface area contributed by atoms with Crippen molar-refractivity contribution in [3.63, 3.8) is 0 Å². The Hall–Kier alpha value is -1.99. The number of nitrogens with zero attached hydrogens (tertiary/aromatic N) is 3. The maximum atomic E-state index is 12.3. The lowest BCUT2D eigenvalue weighted by Gasteiger charge is -2.26. The summed E-state index contributed by atoms with van der Waals surface area (Å²) in [7, 11) is 1.95. The minimum absolute atomic E-state index is 0.0268. The number of pyridine rings is 1. The fourth-order valence-electron chi connectivity index (χ4n) is 2.77. The lowest BCUT2D eigenvalue weighted by Crippen LogP contribution is -2.29. The normalized spacial score (nSPS) is 18.0. The van der Waals surface area contributed by atoms with Crippen molar-refractivity contribution in [3.05, 3.63) is 47.0 Å². The van der Waals surface area contributed by atoms with Crippen molar-refractivity contribution in [1.82, 2.24) is 14.5 Å². The van der Waals surface area contributed by atoms with Gasteiger partial charge in [0.15, 0.2) is 0 Å². The standard InChI is InChI=1S/C16H19N3O3S/c1-10-15(22)12(11(8-20)6-17-10)7-19-14(21)9-23-16(19)13-4-3-5-18(13)2/h3-6,16,20,22H,7-9H2,1-2H3. The maximum Gasteiger partial charge on any atom is 0.234 e. The third kappa shape index (κ3) is 2.82. The molecule has 1 unspecified atom stereocenters. The number of aliphatic hydroxyl groups is 1. The Kier molecular flexibility index (Phi) is 4.32. The molecule has 1 aliphatic rings. The van der Waals surface area contributed by atoms with Crippen LogP contribution in [0.15, 0.2) is 24.5 Å². The zero-order chi connectivity index (χ0) is 16.6. The van der Waals surface area contributed by atoms with Crippen molar-refractivity contribution in [2.75, 3.05) is 5.75 Å². The van der Waals surface area contributed by atoms with Gasteiger partial charge in [-0.25, -0.2) is 0 Å². The second-order valence-electron chi connectivity index (χ2n) is 5.58. The number of aryl methyl sites for hydroxylation is 2. The fraction of sp³-hybridized carbons (Fsp3) is 0.375. The molecule has 2 N–H and O–H groups in total. The molecular formula is C16H19N3O3S. The number of amides is 1. The van der Waals surface area contributed by atoms with E-state index in [9.17, 15) is 15.0 Å². The predicted octanol–water partition coefficient (Wildman–Crippen LogP) is 1.70. The number of hydrogen-bond donors (Lipinski definition) is 2. The van der Waals surface area contributed by atoms with E-state index >= 15 is 0 Å². The van der Waals surface area contributed by atoms with Gasteiger partial charge in [0.25, 0.3) is 0 Å². The Morgan fingerprint density at radius 1 is 1.48 bits per heavy atom. The molecule has 1 amide bonds. The van der Waals surface area contributed by atoms with E-state index in [0.717, 1.165) is 5.69 Å². The summed E-state index contributed by atoms with van der Waals surface area (Å²) in [5.74, 6) is 0.487. The van der Waals surface area contributed by atoms with Crippen molar-refractivity contribution in [1.29, 1.82) is 0 Å². The van der Waals surface area contributed by atoms with E-state index in [1.54, 1.807) is 29.8 Å². The highest BCUT2D eigenvalue weighted by Gasteiger charge is 2.35. The molecule has 0 spiro atoms. The van der Waals surface area contributed by atoms with Crippen LogP contribution in [0.4, 0.5) is 0 Å². The molecule has 0 aliphatic carbocycles. The number of thioether (sulfide) groups is 1. The van der Waals surface area contributed by atoms with Gasteiger partial charge in [-0.15, -0.1) is 11.8 Å². The van der Waals surface area contributed by atoms with Crippen LogP contribution in [-0.4, -0.2) is 36.3 Å². The number of carbonyl (C=O) groups excluding carboxylic acids is 1. The van der Waals surface area contributed by atoms with Crippen LogP contribution < -0.4 is 0 Å².